The number of nitrogens with one attached hydrogen (secondary N) is 2. The highest BCUT2D eigenvalue weighted by Gasteiger charge is 2.27. The van der Waals surface area contributed by atoms with Crippen LogP contribution in [0, 0.1) is 13.8 Å². The molecule has 3 aromatic rings. The molecule has 1 aromatic heterocycles. The predicted octanol–water partition coefficient (Wildman–Crippen LogP) is 6.62. The lowest BCUT2D eigenvalue weighted by atomic mass is 10.1. The molecule has 0 unspecified atom stereocenters. The first kappa shape index (κ1) is 24.1. The summed E-state index contributed by atoms with van der Waals surface area (Å²) in [6.07, 6.45) is 0. The zero-order valence-corrected chi connectivity index (χ0v) is 20.2. The molecule has 3 rings (SSSR count). The Kier molecular flexibility index (Phi) is 7.46. The number of benzene rings is 2. The second kappa shape index (κ2) is 9.92. The summed E-state index contributed by atoms with van der Waals surface area (Å²) in [6, 6.07) is 9.55. The number of hydrogen-bond acceptors (Lipinski definition) is 5. The van der Waals surface area contributed by atoms with Crippen LogP contribution in [0.1, 0.15) is 41.5 Å². The van der Waals surface area contributed by atoms with E-state index in [0.29, 0.717) is 26.9 Å². The molecule has 32 heavy (non-hydrogen) atoms. The van der Waals surface area contributed by atoms with Crippen molar-refractivity contribution in [3.8, 4) is 0 Å². The molecule has 0 saturated carbocycles. The monoisotopic (exact) mass is 510 g/mol. The average molecular weight is 512 g/mol. The Morgan fingerprint density at radius 1 is 0.875 bits per heavy atom. The Morgan fingerprint density at radius 3 is 2.25 bits per heavy atom. The zero-order chi connectivity index (χ0) is 23.6. The summed E-state index contributed by atoms with van der Waals surface area (Å²) in [7, 11) is 1.22. The molecule has 0 radical (unpaired) electrons. The van der Waals surface area contributed by atoms with Gasteiger partial charge in [0.15, 0.2) is 0 Å². The molecule has 0 aliphatic heterocycles. The van der Waals surface area contributed by atoms with Gasteiger partial charge in [-0.2, -0.15) is 0 Å². The van der Waals surface area contributed by atoms with Crippen molar-refractivity contribution < 1.29 is 19.1 Å². The van der Waals surface area contributed by atoms with Crippen molar-refractivity contribution in [3.63, 3.8) is 0 Å². The second-order valence-electron chi connectivity index (χ2n) is 6.70. The molecule has 2 amide bonds. The standard InChI is InChI=1S/C22H17Cl3N2O4S/c1-10-13(23)5-4-6-16(10)26-20(29)18-11(2)17(22(30)31-3)21(32-18)27-19(28)12-7-8-14(24)15(25)9-12/h4-9H,1-3H3,(H,26,29)(H,27,28). The minimum Gasteiger partial charge on any atom is -0.465 e. The van der Waals surface area contributed by atoms with Gasteiger partial charge in [-0.25, -0.2) is 4.79 Å². The second-order valence-corrected chi connectivity index (χ2v) is 8.94. The maximum Gasteiger partial charge on any atom is 0.341 e. The van der Waals surface area contributed by atoms with Gasteiger partial charge in [0.05, 0.1) is 27.6 Å². The van der Waals surface area contributed by atoms with Crippen molar-refractivity contribution in [3.05, 3.63) is 78.6 Å². The maximum atomic E-state index is 13.0. The number of ether oxygens (including phenoxy) is 1. The van der Waals surface area contributed by atoms with Gasteiger partial charge in [-0.05, 0) is 55.3 Å². The van der Waals surface area contributed by atoms with Crippen molar-refractivity contribution in [1.29, 1.82) is 0 Å². The maximum absolute atomic E-state index is 13.0. The van der Waals surface area contributed by atoms with Crippen LogP contribution in [0.3, 0.4) is 0 Å². The molecule has 0 saturated heterocycles. The Hall–Kier alpha value is -2.58. The lowest BCUT2D eigenvalue weighted by molar-refractivity contribution is 0.0601. The number of halogens is 3. The molecule has 0 aliphatic rings. The third-order valence-electron chi connectivity index (χ3n) is 4.67. The third kappa shape index (κ3) is 4.91. The molecule has 0 fully saturated rings. The topological polar surface area (TPSA) is 84.5 Å². The highest BCUT2D eigenvalue weighted by Crippen LogP contribution is 2.35. The molecule has 6 nitrogen and oxygen atoms in total. The molecule has 0 aliphatic carbocycles. The summed E-state index contributed by atoms with van der Waals surface area (Å²) in [4.78, 5) is 38.4. The molecule has 1 heterocycles. The van der Waals surface area contributed by atoms with Gasteiger partial charge in [0, 0.05) is 16.3 Å². The highest BCUT2D eigenvalue weighted by molar-refractivity contribution is 7.19. The van der Waals surface area contributed by atoms with E-state index in [1.54, 1.807) is 32.0 Å². The third-order valence-corrected chi connectivity index (χ3v) is 7.02. The van der Waals surface area contributed by atoms with E-state index in [2.05, 4.69) is 10.6 Å². The summed E-state index contributed by atoms with van der Waals surface area (Å²) < 4.78 is 4.85. The smallest absolute Gasteiger partial charge is 0.341 e. The molecule has 166 valence electrons. The molecule has 0 bridgehead atoms. The Labute approximate surface area is 203 Å². The van der Waals surface area contributed by atoms with Crippen LogP contribution >= 0.6 is 46.1 Å². The molecule has 0 spiro atoms. The minimum atomic E-state index is -0.679. The van der Waals surface area contributed by atoms with E-state index in [4.69, 9.17) is 39.5 Å². The summed E-state index contributed by atoms with van der Waals surface area (Å²) in [5, 5.41) is 6.67. The van der Waals surface area contributed by atoms with E-state index in [1.807, 2.05) is 0 Å². The van der Waals surface area contributed by atoms with Crippen molar-refractivity contribution in [2.24, 2.45) is 0 Å². The quantitative estimate of drug-likeness (QED) is 0.377. The fourth-order valence-corrected chi connectivity index (χ4v) is 4.46. The van der Waals surface area contributed by atoms with Crippen molar-refractivity contribution in [2.75, 3.05) is 17.7 Å². The van der Waals surface area contributed by atoms with Crippen molar-refractivity contribution >= 4 is 74.6 Å². The van der Waals surface area contributed by atoms with E-state index in [1.165, 1.54) is 25.3 Å². The number of rotatable bonds is 5. The van der Waals surface area contributed by atoms with Crippen LogP contribution in [0.15, 0.2) is 36.4 Å². The molecule has 10 heteroatoms. The first-order chi connectivity index (χ1) is 15.1. The summed E-state index contributed by atoms with van der Waals surface area (Å²) in [5.41, 5.74) is 1.96. The SMILES string of the molecule is COC(=O)c1c(NC(=O)c2ccc(Cl)c(Cl)c2)sc(C(=O)Nc2cccc(Cl)c2C)c1C. The van der Waals surface area contributed by atoms with E-state index in [-0.39, 0.29) is 26.0 Å². The number of carbonyl (C=O) groups is 3. The number of hydrogen-bond donors (Lipinski definition) is 2. The fraction of sp³-hybridized carbons (Fsp3) is 0.136. The van der Waals surface area contributed by atoms with Gasteiger partial charge in [0.25, 0.3) is 11.8 Å². The number of amides is 2. The van der Waals surface area contributed by atoms with Crippen LogP contribution in [-0.4, -0.2) is 24.9 Å². The van der Waals surface area contributed by atoms with Crippen LogP contribution in [0.4, 0.5) is 10.7 Å². The van der Waals surface area contributed by atoms with Crippen molar-refractivity contribution in [1.82, 2.24) is 0 Å². The Balaban J connectivity index is 1.96. The summed E-state index contributed by atoms with van der Waals surface area (Å²) in [5.74, 6) is -1.65. The highest BCUT2D eigenvalue weighted by atomic mass is 35.5. The van der Waals surface area contributed by atoms with Gasteiger partial charge in [-0.1, -0.05) is 40.9 Å². The predicted molar refractivity (Wildman–Crippen MR) is 129 cm³/mol. The molecular weight excluding hydrogens is 495 g/mol. The average Bonchev–Trinajstić information content (AvgIpc) is 3.08. The van der Waals surface area contributed by atoms with Gasteiger partial charge in [-0.3, -0.25) is 9.59 Å². The number of esters is 1. The minimum absolute atomic E-state index is 0.0962. The molecular formula is C22H17Cl3N2O4S. The van der Waals surface area contributed by atoms with Crippen molar-refractivity contribution in [2.45, 2.75) is 13.8 Å². The van der Waals surface area contributed by atoms with Gasteiger partial charge < -0.3 is 15.4 Å². The first-order valence-corrected chi connectivity index (χ1v) is 11.1. The number of carbonyl (C=O) groups excluding carboxylic acids is 3. The largest absolute Gasteiger partial charge is 0.465 e. The van der Waals surface area contributed by atoms with E-state index in [0.717, 1.165) is 11.3 Å². The lowest BCUT2D eigenvalue weighted by Crippen LogP contribution is -2.14. The van der Waals surface area contributed by atoms with Crippen LogP contribution < -0.4 is 10.6 Å². The molecule has 2 aromatic carbocycles. The fourth-order valence-electron chi connectivity index (χ4n) is 2.90. The van der Waals surface area contributed by atoms with E-state index < -0.39 is 17.8 Å². The number of thiophene rings is 1. The first-order valence-electron chi connectivity index (χ1n) is 9.18. The van der Waals surface area contributed by atoms with Crippen LogP contribution in [0.25, 0.3) is 0 Å². The van der Waals surface area contributed by atoms with Crippen LogP contribution in [0.5, 0.6) is 0 Å². The lowest BCUT2D eigenvalue weighted by Gasteiger charge is -2.09. The summed E-state index contributed by atoms with van der Waals surface area (Å²) >= 11 is 19.0. The van der Waals surface area contributed by atoms with Crippen LogP contribution in [-0.2, 0) is 4.74 Å². The normalized spacial score (nSPS) is 10.6. The molecule has 2 N–H and O–H groups in total. The Bertz CT molecular complexity index is 1240. The van der Waals surface area contributed by atoms with Crippen LogP contribution in [0.2, 0.25) is 15.1 Å². The number of anilines is 2. The van der Waals surface area contributed by atoms with Gasteiger partial charge in [0.1, 0.15) is 5.00 Å². The van der Waals surface area contributed by atoms with E-state index >= 15 is 0 Å². The zero-order valence-electron chi connectivity index (χ0n) is 17.1. The Morgan fingerprint density at radius 2 is 1.59 bits per heavy atom. The van der Waals surface area contributed by atoms with E-state index in [9.17, 15) is 14.4 Å². The van der Waals surface area contributed by atoms with Gasteiger partial charge in [0.2, 0.25) is 0 Å². The molecule has 0 atom stereocenters. The number of methoxy groups -OCH3 is 1. The van der Waals surface area contributed by atoms with Gasteiger partial charge in [-0.15, -0.1) is 11.3 Å². The summed E-state index contributed by atoms with van der Waals surface area (Å²) in [6.45, 7) is 3.39. The van der Waals surface area contributed by atoms with Gasteiger partial charge >= 0.3 is 5.97 Å².